The molecule has 2 aromatic heterocycles. The van der Waals surface area contributed by atoms with Gasteiger partial charge in [-0.2, -0.15) is 0 Å². The number of thiazole rings is 1. The number of anilines is 2. The van der Waals surface area contributed by atoms with E-state index in [0.717, 1.165) is 38.2 Å². The van der Waals surface area contributed by atoms with Gasteiger partial charge in [0.15, 0.2) is 4.34 Å². The van der Waals surface area contributed by atoms with Gasteiger partial charge in [-0.1, -0.05) is 55.1 Å². The number of carbonyl (C=O) groups excluding carboxylic acids is 1. The van der Waals surface area contributed by atoms with Crippen molar-refractivity contribution in [1.82, 2.24) is 15.2 Å². The first-order chi connectivity index (χ1) is 13.1. The second-order valence-corrected chi connectivity index (χ2v) is 9.40. The maximum Gasteiger partial charge on any atom is 0.231 e. The molecule has 0 bridgehead atoms. The lowest BCUT2D eigenvalue weighted by Gasteiger charge is -2.03. The zero-order valence-electron chi connectivity index (χ0n) is 15.1. The van der Waals surface area contributed by atoms with Crippen LogP contribution in [0.4, 0.5) is 10.8 Å². The molecule has 2 heterocycles. The van der Waals surface area contributed by atoms with Crippen LogP contribution in [-0.4, -0.2) is 27.6 Å². The summed E-state index contributed by atoms with van der Waals surface area (Å²) in [5.41, 5.74) is 1.76. The van der Waals surface area contributed by atoms with Crippen molar-refractivity contribution in [3.8, 4) is 0 Å². The van der Waals surface area contributed by atoms with Crippen molar-refractivity contribution in [2.24, 2.45) is 5.92 Å². The first kappa shape index (κ1) is 19.8. The summed E-state index contributed by atoms with van der Waals surface area (Å²) < 4.78 is 0.914. The fourth-order valence-corrected chi connectivity index (χ4v) is 4.68. The monoisotopic (exact) mass is 419 g/mol. The second kappa shape index (κ2) is 9.82. The fourth-order valence-electron chi connectivity index (χ4n) is 2.13. The first-order valence-corrected chi connectivity index (χ1v) is 11.2. The molecule has 2 N–H and O–H groups in total. The number of nitrogens with one attached hydrogen (secondary N) is 2. The van der Waals surface area contributed by atoms with Gasteiger partial charge in [0, 0.05) is 23.4 Å². The molecule has 1 aromatic carbocycles. The Morgan fingerprint density at radius 1 is 1.22 bits per heavy atom. The molecule has 0 aliphatic rings. The van der Waals surface area contributed by atoms with Gasteiger partial charge in [-0.25, -0.2) is 4.98 Å². The van der Waals surface area contributed by atoms with Crippen LogP contribution < -0.4 is 10.6 Å². The van der Waals surface area contributed by atoms with Crippen molar-refractivity contribution < 1.29 is 4.79 Å². The maximum atomic E-state index is 12.1. The molecule has 0 aliphatic heterocycles. The Bertz CT molecular complexity index is 863. The minimum atomic E-state index is -0.0558. The predicted molar refractivity (Wildman–Crippen MR) is 114 cm³/mol. The van der Waals surface area contributed by atoms with Crippen LogP contribution in [0.5, 0.6) is 0 Å². The van der Waals surface area contributed by atoms with Gasteiger partial charge in [0.05, 0.1) is 12.1 Å². The van der Waals surface area contributed by atoms with Crippen LogP contribution in [0.3, 0.4) is 0 Å². The SMILES string of the molecule is CC(C)CNc1nnc(SCc2csc(CC(=O)Nc3ccccc3)n2)s1. The van der Waals surface area contributed by atoms with Gasteiger partial charge in [-0.3, -0.25) is 4.79 Å². The normalized spacial score (nSPS) is 10.9. The molecule has 3 rings (SSSR count). The zero-order chi connectivity index (χ0) is 19.1. The summed E-state index contributed by atoms with van der Waals surface area (Å²) >= 11 is 4.68. The lowest BCUT2D eigenvalue weighted by molar-refractivity contribution is -0.115. The van der Waals surface area contributed by atoms with Gasteiger partial charge in [-0.05, 0) is 18.1 Å². The number of thioether (sulfide) groups is 1. The predicted octanol–water partition coefficient (Wildman–Crippen LogP) is 4.54. The quantitative estimate of drug-likeness (QED) is 0.496. The van der Waals surface area contributed by atoms with E-state index in [4.69, 9.17) is 0 Å². The number of aromatic nitrogens is 3. The van der Waals surface area contributed by atoms with E-state index in [-0.39, 0.29) is 12.3 Å². The molecular formula is C18H21N5OS3. The van der Waals surface area contributed by atoms with E-state index < -0.39 is 0 Å². The summed E-state index contributed by atoms with van der Waals surface area (Å²) in [6.45, 7) is 5.20. The average Bonchev–Trinajstić information content (AvgIpc) is 3.28. The largest absolute Gasteiger partial charge is 0.360 e. The lowest BCUT2D eigenvalue weighted by Crippen LogP contribution is -2.14. The fraction of sp³-hybridized carbons (Fsp3) is 0.333. The van der Waals surface area contributed by atoms with Gasteiger partial charge in [0.2, 0.25) is 11.0 Å². The van der Waals surface area contributed by atoms with Gasteiger partial charge in [-0.15, -0.1) is 21.5 Å². The van der Waals surface area contributed by atoms with Crippen LogP contribution in [0.25, 0.3) is 0 Å². The third-order valence-electron chi connectivity index (χ3n) is 3.38. The molecule has 0 saturated carbocycles. The molecular weight excluding hydrogens is 398 g/mol. The van der Waals surface area contributed by atoms with Crippen molar-refractivity contribution >= 4 is 51.2 Å². The highest BCUT2D eigenvalue weighted by molar-refractivity contribution is 8.00. The Balaban J connectivity index is 1.46. The number of rotatable bonds is 9. The van der Waals surface area contributed by atoms with Crippen molar-refractivity contribution in [2.45, 2.75) is 30.4 Å². The molecule has 0 aliphatic carbocycles. The van der Waals surface area contributed by atoms with E-state index in [1.165, 1.54) is 11.3 Å². The second-order valence-electron chi connectivity index (χ2n) is 6.26. The molecule has 9 heteroatoms. The van der Waals surface area contributed by atoms with E-state index in [1.54, 1.807) is 23.1 Å². The van der Waals surface area contributed by atoms with Crippen LogP contribution in [-0.2, 0) is 17.0 Å². The first-order valence-electron chi connectivity index (χ1n) is 8.57. The number of benzene rings is 1. The average molecular weight is 420 g/mol. The number of hydrogen-bond acceptors (Lipinski definition) is 8. The van der Waals surface area contributed by atoms with Crippen LogP contribution in [0.2, 0.25) is 0 Å². The van der Waals surface area contributed by atoms with Crippen LogP contribution in [0.15, 0.2) is 40.1 Å². The van der Waals surface area contributed by atoms with Crippen molar-refractivity contribution in [1.29, 1.82) is 0 Å². The molecule has 0 radical (unpaired) electrons. The van der Waals surface area contributed by atoms with E-state index >= 15 is 0 Å². The summed E-state index contributed by atoms with van der Waals surface area (Å²) in [7, 11) is 0. The molecule has 142 valence electrons. The molecule has 6 nitrogen and oxygen atoms in total. The number of para-hydroxylation sites is 1. The number of amides is 1. The van der Waals surface area contributed by atoms with Crippen molar-refractivity contribution in [3.63, 3.8) is 0 Å². The highest BCUT2D eigenvalue weighted by Crippen LogP contribution is 2.28. The minimum absolute atomic E-state index is 0.0558. The molecule has 1 amide bonds. The standard InChI is InChI=1S/C18H21N5OS3/c1-12(2)9-19-17-22-23-18(27-17)26-11-14-10-25-16(21-14)8-15(24)20-13-6-4-3-5-7-13/h3-7,10,12H,8-9,11H2,1-2H3,(H,19,22)(H,20,24). The Morgan fingerprint density at radius 3 is 2.81 bits per heavy atom. The minimum Gasteiger partial charge on any atom is -0.360 e. The maximum absolute atomic E-state index is 12.1. The van der Waals surface area contributed by atoms with E-state index in [9.17, 15) is 4.79 Å². The lowest BCUT2D eigenvalue weighted by atomic mass is 10.2. The number of nitrogens with zero attached hydrogens (tertiary/aromatic N) is 3. The molecule has 0 saturated heterocycles. The molecule has 27 heavy (non-hydrogen) atoms. The zero-order valence-corrected chi connectivity index (χ0v) is 17.6. The van der Waals surface area contributed by atoms with Crippen LogP contribution >= 0.6 is 34.4 Å². The Hall–Kier alpha value is -1.97. The van der Waals surface area contributed by atoms with Crippen molar-refractivity contribution in [3.05, 3.63) is 46.4 Å². The smallest absolute Gasteiger partial charge is 0.231 e. The van der Waals surface area contributed by atoms with E-state index in [0.29, 0.717) is 5.92 Å². The van der Waals surface area contributed by atoms with E-state index in [2.05, 4.69) is 39.7 Å². The topological polar surface area (TPSA) is 79.8 Å². The van der Waals surface area contributed by atoms with Crippen LogP contribution in [0.1, 0.15) is 24.5 Å². The van der Waals surface area contributed by atoms with Gasteiger partial charge >= 0.3 is 0 Å². The highest BCUT2D eigenvalue weighted by atomic mass is 32.2. The number of hydrogen-bond donors (Lipinski definition) is 2. The van der Waals surface area contributed by atoms with Gasteiger partial charge < -0.3 is 10.6 Å². The molecule has 3 aromatic rings. The Morgan fingerprint density at radius 2 is 2.04 bits per heavy atom. The Labute approximate surface area is 170 Å². The molecule has 0 atom stereocenters. The summed E-state index contributed by atoms with van der Waals surface area (Å²) in [4.78, 5) is 16.7. The highest BCUT2D eigenvalue weighted by Gasteiger charge is 2.10. The number of carbonyl (C=O) groups is 1. The van der Waals surface area contributed by atoms with Gasteiger partial charge in [0.25, 0.3) is 0 Å². The molecule has 0 unspecified atom stereocenters. The summed E-state index contributed by atoms with van der Waals surface area (Å²) in [5, 5.41) is 18.2. The summed E-state index contributed by atoms with van der Waals surface area (Å²) in [6, 6.07) is 9.45. The third-order valence-corrected chi connectivity index (χ3v) is 6.33. The summed E-state index contributed by atoms with van der Waals surface area (Å²) in [6.07, 6.45) is 0.284. The third kappa shape index (κ3) is 6.60. The van der Waals surface area contributed by atoms with Crippen molar-refractivity contribution in [2.75, 3.05) is 17.2 Å². The van der Waals surface area contributed by atoms with E-state index in [1.807, 2.05) is 35.7 Å². The summed E-state index contributed by atoms with van der Waals surface area (Å²) in [5.74, 6) is 1.23. The molecule has 0 spiro atoms. The van der Waals surface area contributed by atoms with Gasteiger partial charge in [0.1, 0.15) is 5.01 Å². The Kier molecular flexibility index (Phi) is 7.19. The molecule has 0 fully saturated rings. The van der Waals surface area contributed by atoms with Crippen LogP contribution in [0, 0.1) is 5.92 Å².